The molecule has 1 aromatic carbocycles. The van der Waals surface area contributed by atoms with Crippen LogP contribution in [0.4, 0.5) is 0 Å². The maximum absolute atomic E-state index is 10.7. The molecule has 0 unspecified atom stereocenters. The van der Waals surface area contributed by atoms with Gasteiger partial charge in [-0.2, -0.15) is 5.26 Å². The molecule has 2 aromatic rings. The summed E-state index contributed by atoms with van der Waals surface area (Å²) in [5.41, 5.74) is 1.02. The van der Waals surface area contributed by atoms with Crippen molar-refractivity contribution in [2.24, 2.45) is 0 Å². The summed E-state index contributed by atoms with van der Waals surface area (Å²) >= 11 is 0. The van der Waals surface area contributed by atoms with Crippen molar-refractivity contribution >= 4 is 5.97 Å². The van der Waals surface area contributed by atoms with Gasteiger partial charge in [0.15, 0.2) is 0 Å². The van der Waals surface area contributed by atoms with E-state index in [9.17, 15) is 4.79 Å². The zero-order valence-corrected chi connectivity index (χ0v) is 10.00. The van der Waals surface area contributed by atoms with Crippen molar-refractivity contribution in [1.29, 1.82) is 5.26 Å². The van der Waals surface area contributed by atoms with Crippen molar-refractivity contribution < 1.29 is 19.1 Å². The molecule has 0 aliphatic heterocycles. The molecule has 19 heavy (non-hydrogen) atoms. The number of nitrogens with zero attached hydrogens (tertiary/aromatic N) is 1. The third-order valence-corrected chi connectivity index (χ3v) is 2.49. The Labute approximate surface area is 109 Å². The minimum Gasteiger partial charge on any atom is -0.486 e. The highest BCUT2D eigenvalue weighted by Crippen LogP contribution is 2.15. The Bertz CT molecular complexity index is 607. The van der Waals surface area contributed by atoms with Crippen LogP contribution in [-0.2, 0) is 13.0 Å². The van der Waals surface area contributed by atoms with Crippen LogP contribution in [-0.4, -0.2) is 11.1 Å². The quantitative estimate of drug-likeness (QED) is 0.890. The maximum Gasteiger partial charge on any atom is 0.338 e. The van der Waals surface area contributed by atoms with Crippen LogP contribution in [0, 0.1) is 11.3 Å². The lowest BCUT2D eigenvalue weighted by molar-refractivity contribution is 0.0696. The molecular weight excluding hydrogens is 246 g/mol. The van der Waals surface area contributed by atoms with Crippen LogP contribution in [0.15, 0.2) is 41.0 Å². The first kappa shape index (κ1) is 12.7. The van der Waals surface area contributed by atoms with Gasteiger partial charge in [-0.05, 0) is 23.8 Å². The first-order chi connectivity index (χ1) is 9.19. The van der Waals surface area contributed by atoms with Gasteiger partial charge >= 0.3 is 5.97 Å². The topological polar surface area (TPSA) is 83.5 Å². The first-order valence-corrected chi connectivity index (χ1v) is 5.58. The van der Waals surface area contributed by atoms with Gasteiger partial charge in [0.05, 0.1) is 18.1 Å². The molecule has 0 saturated carbocycles. The Morgan fingerprint density at radius 1 is 1.37 bits per heavy atom. The van der Waals surface area contributed by atoms with Crippen molar-refractivity contribution in [3.63, 3.8) is 0 Å². The van der Waals surface area contributed by atoms with Crippen LogP contribution in [0.1, 0.15) is 21.7 Å². The average molecular weight is 257 g/mol. The van der Waals surface area contributed by atoms with E-state index in [2.05, 4.69) is 6.07 Å². The number of carbonyl (C=O) groups is 1. The van der Waals surface area contributed by atoms with Crippen LogP contribution < -0.4 is 4.74 Å². The molecule has 0 radical (unpaired) electrons. The standard InChI is InChI=1S/C14H11NO4/c15-6-5-10-1-3-12(4-2-10)19-9-13-7-11(8-18-13)14(16)17/h1-4,7-8H,5,9H2,(H,16,17). The molecule has 0 aliphatic carbocycles. The highest BCUT2D eigenvalue weighted by molar-refractivity contribution is 5.87. The molecule has 0 aliphatic rings. The van der Waals surface area contributed by atoms with Gasteiger partial charge < -0.3 is 14.3 Å². The van der Waals surface area contributed by atoms with E-state index in [1.54, 1.807) is 12.1 Å². The van der Waals surface area contributed by atoms with Gasteiger partial charge in [-0.1, -0.05) is 12.1 Å². The molecule has 0 fully saturated rings. The van der Waals surface area contributed by atoms with Crippen molar-refractivity contribution in [3.8, 4) is 11.8 Å². The van der Waals surface area contributed by atoms with Gasteiger partial charge in [-0.15, -0.1) is 0 Å². The molecule has 0 amide bonds. The van der Waals surface area contributed by atoms with E-state index in [0.717, 1.165) is 5.56 Å². The number of ether oxygens (including phenoxy) is 1. The fourth-order valence-corrected chi connectivity index (χ4v) is 1.52. The highest BCUT2D eigenvalue weighted by atomic mass is 16.5. The zero-order chi connectivity index (χ0) is 13.7. The molecule has 96 valence electrons. The third-order valence-electron chi connectivity index (χ3n) is 2.49. The molecular formula is C14H11NO4. The van der Waals surface area contributed by atoms with E-state index in [4.69, 9.17) is 19.5 Å². The van der Waals surface area contributed by atoms with Crippen molar-refractivity contribution in [1.82, 2.24) is 0 Å². The minimum absolute atomic E-state index is 0.1000. The van der Waals surface area contributed by atoms with Crippen molar-refractivity contribution in [2.75, 3.05) is 0 Å². The van der Waals surface area contributed by atoms with Crippen LogP contribution >= 0.6 is 0 Å². The van der Waals surface area contributed by atoms with Gasteiger partial charge in [0.1, 0.15) is 24.4 Å². The predicted octanol–water partition coefficient (Wildman–Crippen LogP) is 2.62. The molecule has 5 nitrogen and oxygen atoms in total. The van der Waals surface area contributed by atoms with Crippen molar-refractivity contribution in [3.05, 3.63) is 53.5 Å². The number of hydrogen-bond donors (Lipinski definition) is 1. The fourth-order valence-electron chi connectivity index (χ4n) is 1.52. The summed E-state index contributed by atoms with van der Waals surface area (Å²) in [5.74, 6) is 0.0457. The number of benzene rings is 1. The van der Waals surface area contributed by atoms with Gasteiger partial charge in [0.25, 0.3) is 0 Å². The summed E-state index contributed by atoms with van der Waals surface area (Å²) in [5, 5.41) is 17.3. The van der Waals surface area contributed by atoms with Gasteiger partial charge in [0.2, 0.25) is 0 Å². The fraction of sp³-hybridized carbons (Fsp3) is 0.143. The van der Waals surface area contributed by atoms with Gasteiger partial charge in [-0.25, -0.2) is 4.79 Å². The number of furan rings is 1. The monoisotopic (exact) mass is 257 g/mol. The third kappa shape index (κ3) is 3.36. The lowest BCUT2D eigenvalue weighted by Gasteiger charge is -2.04. The van der Waals surface area contributed by atoms with Crippen molar-refractivity contribution in [2.45, 2.75) is 13.0 Å². The summed E-state index contributed by atoms with van der Waals surface area (Å²) in [6, 6.07) is 10.6. The highest BCUT2D eigenvalue weighted by Gasteiger charge is 2.08. The predicted molar refractivity (Wildman–Crippen MR) is 65.8 cm³/mol. The molecule has 1 N–H and O–H groups in total. The number of carboxylic acid groups (broad SMARTS) is 1. The maximum atomic E-state index is 10.7. The SMILES string of the molecule is N#CCc1ccc(OCc2cc(C(=O)O)co2)cc1. The van der Waals surface area contributed by atoms with E-state index in [-0.39, 0.29) is 12.2 Å². The second-order valence-corrected chi connectivity index (χ2v) is 3.87. The summed E-state index contributed by atoms with van der Waals surface area (Å²) in [7, 11) is 0. The van der Waals surface area contributed by atoms with E-state index in [1.807, 2.05) is 12.1 Å². The smallest absolute Gasteiger partial charge is 0.338 e. The van der Waals surface area contributed by atoms with E-state index in [0.29, 0.717) is 17.9 Å². The molecule has 1 aromatic heterocycles. The van der Waals surface area contributed by atoms with Gasteiger partial charge in [-0.3, -0.25) is 0 Å². The lowest BCUT2D eigenvalue weighted by atomic mass is 10.2. The Kier molecular flexibility index (Phi) is 3.84. The summed E-state index contributed by atoms with van der Waals surface area (Å²) in [6.07, 6.45) is 1.54. The first-order valence-electron chi connectivity index (χ1n) is 5.58. The molecule has 0 atom stereocenters. The summed E-state index contributed by atoms with van der Waals surface area (Å²) < 4.78 is 10.5. The number of carboxylic acids is 1. The number of hydrogen-bond acceptors (Lipinski definition) is 4. The Balaban J connectivity index is 1.94. The number of aromatic carboxylic acids is 1. The van der Waals surface area contributed by atoms with E-state index >= 15 is 0 Å². The molecule has 5 heteroatoms. The normalized spacial score (nSPS) is 9.84. The zero-order valence-electron chi connectivity index (χ0n) is 10.00. The molecule has 0 saturated heterocycles. The van der Waals surface area contributed by atoms with Crippen LogP contribution in [0.5, 0.6) is 5.75 Å². The second-order valence-electron chi connectivity index (χ2n) is 3.87. The second kappa shape index (κ2) is 5.74. The molecule has 0 spiro atoms. The number of nitriles is 1. The number of rotatable bonds is 5. The Morgan fingerprint density at radius 3 is 2.68 bits per heavy atom. The Morgan fingerprint density at radius 2 is 2.11 bits per heavy atom. The largest absolute Gasteiger partial charge is 0.486 e. The van der Waals surface area contributed by atoms with E-state index < -0.39 is 5.97 Å². The summed E-state index contributed by atoms with van der Waals surface area (Å²) in [4.78, 5) is 10.7. The molecule has 0 bridgehead atoms. The van der Waals surface area contributed by atoms with Crippen LogP contribution in [0.2, 0.25) is 0 Å². The average Bonchev–Trinajstić information content (AvgIpc) is 2.87. The van der Waals surface area contributed by atoms with Gasteiger partial charge in [0, 0.05) is 0 Å². The molecule has 2 rings (SSSR count). The Hall–Kier alpha value is -2.74. The minimum atomic E-state index is -1.03. The van der Waals surface area contributed by atoms with E-state index in [1.165, 1.54) is 12.3 Å². The molecule has 1 heterocycles. The van der Waals surface area contributed by atoms with Crippen LogP contribution in [0.25, 0.3) is 0 Å². The lowest BCUT2D eigenvalue weighted by Crippen LogP contribution is -1.95. The van der Waals surface area contributed by atoms with Crippen LogP contribution in [0.3, 0.4) is 0 Å². The summed E-state index contributed by atoms with van der Waals surface area (Å²) in [6.45, 7) is 0.158.